The van der Waals surface area contributed by atoms with Crippen molar-refractivity contribution in [3.05, 3.63) is 138 Å². The monoisotopic (exact) mass is 1700 g/mol. The molecule has 0 aliphatic carbocycles. The third kappa shape index (κ3) is 31.0. The van der Waals surface area contributed by atoms with E-state index >= 15 is 9.59 Å². The fraction of sp³-hybridized carbons (Fsp3) is 0.457. The SMILES string of the molecule is CC(=O)N[C@@H](CS)C(=O)N[C@@H](C)C(=O)N[C@@H](CC(=O)O)C(=O)N[C@@H](Cc1c[nH]c2ccccc12)C(=O)N[C@H](C(=O)N[C@@H](CS)C(=O)N[C@@H](Cc1ccc(O)cc1)C(=O)N[C@@H](Cc1c[nH]c2ccccc12)C(=O)N[C@@H](CCCN)C(=O)N[C@H](C(=O)N[C@@H](Cc1ccccc1)C(=O)NCC(=O)NCCC(=O)N[C@H](CCCCN)C(N)=O)C(C)C)C(C)C. The summed E-state index contributed by atoms with van der Waals surface area (Å²) in [6.45, 7) is 8.46. The van der Waals surface area contributed by atoms with Crippen LogP contribution < -0.4 is 91.6 Å². The maximum atomic E-state index is 15.2. The quantitative estimate of drug-likeness (QED) is 0.0147. The number of carboxylic acids is 1. The Morgan fingerprint density at radius 3 is 1.32 bits per heavy atom. The zero-order valence-electron chi connectivity index (χ0n) is 67.6. The number of thiol groups is 2. The molecule has 37 nitrogen and oxygen atoms in total. The summed E-state index contributed by atoms with van der Waals surface area (Å²) in [7, 11) is 0. The number of primary amides is 1. The maximum Gasteiger partial charge on any atom is 0.305 e. The van der Waals surface area contributed by atoms with Gasteiger partial charge in [-0.05, 0) is 110 Å². The van der Waals surface area contributed by atoms with Crippen molar-refractivity contribution in [3.63, 3.8) is 0 Å². The average molecular weight is 1700 g/mol. The molecule has 15 amide bonds. The molecule has 650 valence electrons. The second-order valence-electron chi connectivity index (χ2n) is 29.6. The second-order valence-corrected chi connectivity index (χ2v) is 30.3. The Balaban J connectivity index is 1.22. The molecular weight excluding hydrogens is 1590 g/mol. The highest BCUT2D eigenvalue weighted by atomic mass is 32.1. The predicted molar refractivity (Wildman–Crippen MR) is 451 cm³/mol. The van der Waals surface area contributed by atoms with Crippen LogP contribution in [-0.4, -0.2) is 225 Å². The summed E-state index contributed by atoms with van der Waals surface area (Å²) < 4.78 is 0. The molecule has 0 radical (unpaired) electrons. The standard InChI is InChI=1S/C81H111N19O18S2/c1-43(2)68(80(117)97-58(33-47-17-8-7-9-18-47)72(109)88-40-66(104)85-32-29-65(103)91-56(70(84)107)23-14-15-30-82)99-73(110)57(24-16-31-83)92-75(112)60(35-49-38-86-54-21-12-10-19-52(49)54)95-74(111)59(34-48-25-27-51(102)28-26-48)94-79(116)64(42-120)98-81(118)69(44(3)4)100-77(114)61(36-50-39-87-55-22-13-11-20-53(50)55)96-76(113)62(37-67(105)106)93-71(108)45(5)89-78(115)63(41-119)90-46(6)101/h7-13,17-22,25-28,38-39,43-45,56-64,68-69,86-87,102,119-120H,14-16,23-24,29-37,40-42,82-83H2,1-6H3,(H2,84,107)(H,85,104)(H,88,109)(H,89,115)(H,90,101)(H,91,103)(H,92,112)(H,93,108)(H,94,116)(H,95,111)(H,96,113)(H,97,117)(H,98,118)(H,99,110)(H,100,114)(H,105,106)/t45-,56+,57-,58-,59-,60-,61-,62-,63-,64-,68-,69-/m0/s1. The van der Waals surface area contributed by atoms with E-state index in [1.54, 1.807) is 119 Å². The van der Waals surface area contributed by atoms with Crippen LogP contribution in [0.3, 0.4) is 0 Å². The number of nitrogens with one attached hydrogen (secondary N) is 16. The van der Waals surface area contributed by atoms with E-state index in [1.807, 2.05) is 0 Å². The molecule has 0 fully saturated rings. The molecule has 0 spiro atoms. The number of phenols is 1. The number of carboxylic acid groups (broad SMARTS) is 1. The van der Waals surface area contributed by atoms with Gasteiger partial charge in [0.1, 0.15) is 78.3 Å². The van der Waals surface area contributed by atoms with Gasteiger partial charge in [0, 0.05) is 91.3 Å². The van der Waals surface area contributed by atoms with E-state index in [-0.39, 0.29) is 76.0 Å². The molecule has 0 saturated heterocycles. The van der Waals surface area contributed by atoms with Gasteiger partial charge in [0.25, 0.3) is 0 Å². The molecule has 6 rings (SSSR count). The lowest BCUT2D eigenvalue weighted by atomic mass is 9.99. The van der Waals surface area contributed by atoms with Crippen molar-refractivity contribution in [2.45, 2.75) is 185 Å². The van der Waals surface area contributed by atoms with Crippen molar-refractivity contribution in [3.8, 4) is 5.75 Å². The molecule has 0 unspecified atom stereocenters. The molecule has 0 aliphatic rings. The number of aliphatic carboxylic acids is 1. The number of hydrogen-bond donors (Lipinski definition) is 23. The Morgan fingerprint density at radius 2 is 0.825 bits per heavy atom. The highest BCUT2D eigenvalue weighted by Crippen LogP contribution is 2.23. The van der Waals surface area contributed by atoms with E-state index in [0.29, 0.717) is 63.4 Å². The molecule has 0 bridgehead atoms. The van der Waals surface area contributed by atoms with Crippen molar-refractivity contribution in [2.24, 2.45) is 29.0 Å². The van der Waals surface area contributed by atoms with Gasteiger partial charge in [0.2, 0.25) is 88.6 Å². The Morgan fingerprint density at radius 1 is 0.408 bits per heavy atom. The molecule has 12 atom stereocenters. The van der Waals surface area contributed by atoms with Crippen LogP contribution in [0.5, 0.6) is 5.75 Å². The normalized spacial score (nSPS) is 14.2. The highest BCUT2D eigenvalue weighted by Gasteiger charge is 2.39. The van der Waals surface area contributed by atoms with Crippen molar-refractivity contribution in [2.75, 3.05) is 37.7 Å². The molecule has 24 N–H and O–H groups in total. The number of fused-ring (bicyclic) bond motifs is 2. The first kappa shape index (κ1) is 96.7. The molecule has 2 heterocycles. The van der Waals surface area contributed by atoms with Gasteiger partial charge < -0.3 is 112 Å². The number of carbonyl (C=O) groups excluding carboxylic acids is 15. The first-order valence-electron chi connectivity index (χ1n) is 39.3. The van der Waals surface area contributed by atoms with Gasteiger partial charge in [-0.3, -0.25) is 76.7 Å². The largest absolute Gasteiger partial charge is 0.508 e. The van der Waals surface area contributed by atoms with Crippen molar-refractivity contribution in [1.82, 2.24) is 84.4 Å². The number of carbonyl (C=O) groups is 16. The minimum absolute atomic E-state index is 0.0299. The van der Waals surface area contributed by atoms with Crippen LogP contribution >= 0.6 is 25.3 Å². The molecule has 2 aromatic heterocycles. The number of phenolic OH excluding ortho intramolecular Hbond substituents is 1. The van der Waals surface area contributed by atoms with Gasteiger partial charge in [-0.1, -0.05) is 107 Å². The van der Waals surface area contributed by atoms with Crippen molar-refractivity contribution in [1.29, 1.82) is 0 Å². The average Bonchev–Trinajstić information content (AvgIpc) is 1.68. The number of rotatable bonds is 50. The topological polar surface area (TPSA) is 592 Å². The molecular formula is C81H111N19O18S2. The van der Waals surface area contributed by atoms with Crippen LogP contribution in [0.15, 0.2) is 116 Å². The first-order chi connectivity index (χ1) is 57.1. The molecule has 0 aliphatic heterocycles. The number of hydrogen-bond acceptors (Lipinski definition) is 21. The third-order valence-corrected chi connectivity index (χ3v) is 20.1. The van der Waals surface area contributed by atoms with E-state index in [2.05, 4.69) is 110 Å². The molecule has 120 heavy (non-hydrogen) atoms. The zero-order chi connectivity index (χ0) is 88.3. The number of amides is 15. The van der Waals surface area contributed by atoms with E-state index in [9.17, 15) is 77.3 Å². The zero-order valence-corrected chi connectivity index (χ0v) is 69.4. The number of aromatic nitrogens is 2. The molecule has 0 saturated carbocycles. The number of aromatic hydroxyl groups is 1. The fourth-order valence-corrected chi connectivity index (χ4v) is 13.3. The van der Waals surface area contributed by atoms with Gasteiger partial charge in [-0.15, -0.1) is 0 Å². The highest BCUT2D eigenvalue weighted by molar-refractivity contribution is 7.80. The van der Waals surface area contributed by atoms with Gasteiger partial charge in [0.05, 0.1) is 13.0 Å². The first-order valence-corrected chi connectivity index (χ1v) is 40.6. The maximum absolute atomic E-state index is 15.2. The molecule has 6 aromatic rings. The summed E-state index contributed by atoms with van der Waals surface area (Å²) in [6, 6.07) is 10.8. The lowest BCUT2D eigenvalue weighted by Crippen LogP contribution is -2.62. The van der Waals surface area contributed by atoms with Crippen molar-refractivity contribution >= 4 is 142 Å². The van der Waals surface area contributed by atoms with Crippen LogP contribution in [0.1, 0.15) is 109 Å². The number of benzene rings is 4. The third-order valence-electron chi connectivity index (χ3n) is 19.4. The fourth-order valence-electron chi connectivity index (χ4n) is 12.8. The van der Waals surface area contributed by atoms with E-state index in [0.717, 1.165) is 0 Å². The number of para-hydroxylation sites is 2. The lowest BCUT2D eigenvalue weighted by Gasteiger charge is -2.29. The van der Waals surface area contributed by atoms with E-state index in [4.69, 9.17) is 17.2 Å². The smallest absolute Gasteiger partial charge is 0.305 e. The Hall–Kier alpha value is -12.1. The number of unbranched alkanes of at least 4 members (excludes halogenated alkanes) is 1. The summed E-state index contributed by atoms with van der Waals surface area (Å²) in [5.41, 5.74) is 20.3. The van der Waals surface area contributed by atoms with Crippen LogP contribution in [0.4, 0.5) is 0 Å². The Labute approximate surface area is 704 Å². The van der Waals surface area contributed by atoms with Crippen LogP contribution in [-0.2, 0) is 102 Å². The predicted octanol–water partition coefficient (Wildman–Crippen LogP) is -1.90. The Bertz CT molecular complexity index is 4550. The number of nitrogens with two attached hydrogens (primary N) is 3. The van der Waals surface area contributed by atoms with Crippen molar-refractivity contribution < 1.29 is 86.9 Å². The lowest BCUT2D eigenvalue weighted by molar-refractivity contribution is -0.141. The second kappa shape index (κ2) is 48.7. The summed E-state index contributed by atoms with van der Waals surface area (Å²) >= 11 is 8.50. The number of aromatic amines is 2. The van der Waals surface area contributed by atoms with Crippen LogP contribution in [0.2, 0.25) is 0 Å². The summed E-state index contributed by atoms with van der Waals surface area (Å²) in [5, 5.41) is 57.6. The molecule has 4 aromatic carbocycles. The Kier molecular flexibility index (Phi) is 39.3. The summed E-state index contributed by atoms with van der Waals surface area (Å²) in [5.74, 6) is -16.6. The van der Waals surface area contributed by atoms with Gasteiger partial charge >= 0.3 is 5.97 Å². The van der Waals surface area contributed by atoms with Crippen LogP contribution in [0.25, 0.3) is 21.8 Å². The van der Waals surface area contributed by atoms with E-state index in [1.165, 1.54) is 38.1 Å². The van der Waals surface area contributed by atoms with Gasteiger partial charge in [0.15, 0.2) is 0 Å². The van der Waals surface area contributed by atoms with Gasteiger partial charge in [-0.25, -0.2) is 0 Å². The minimum atomic E-state index is -1.86. The van der Waals surface area contributed by atoms with E-state index < -0.39 is 198 Å². The van der Waals surface area contributed by atoms with Crippen LogP contribution in [0, 0.1) is 11.8 Å². The summed E-state index contributed by atoms with van der Waals surface area (Å²) in [6.07, 6.45) is 2.52. The minimum Gasteiger partial charge on any atom is -0.508 e. The molecule has 39 heteroatoms. The van der Waals surface area contributed by atoms with Gasteiger partial charge in [-0.2, -0.15) is 25.3 Å². The summed E-state index contributed by atoms with van der Waals surface area (Å²) in [4.78, 5) is 227. The number of H-pyrrole nitrogens is 2.